The second-order valence-electron chi connectivity index (χ2n) is 5.80. The van der Waals surface area contributed by atoms with Crippen molar-refractivity contribution in [1.29, 1.82) is 0 Å². The molecule has 1 fully saturated rings. The third-order valence-corrected chi connectivity index (χ3v) is 4.21. The Kier molecular flexibility index (Phi) is 5.18. The number of aromatic carboxylic acids is 1. The zero-order valence-electron chi connectivity index (χ0n) is 13.8. The molecule has 0 radical (unpaired) electrons. The second-order valence-corrected chi connectivity index (χ2v) is 5.80. The molecule has 1 aliphatic heterocycles. The minimum absolute atomic E-state index is 0.0317. The van der Waals surface area contributed by atoms with Gasteiger partial charge >= 0.3 is 0 Å². The van der Waals surface area contributed by atoms with Gasteiger partial charge in [-0.1, -0.05) is 30.3 Å². The van der Waals surface area contributed by atoms with Crippen LogP contribution in [0.3, 0.4) is 0 Å². The molecule has 1 heterocycles. The first kappa shape index (κ1) is 16.8. The van der Waals surface area contributed by atoms with Gasteiger partial charge in [0, 0.05) is 31.9 Å². The summed E-state index contributed by atoms with van der Waals surface area (Å²) in [5.41, 5.74) is 1.10. The normalized spacial score (nSPS) is 14.2. The second kappa shape index (κ2) is 7.70. The lowest BCUT2D eigenvalue weighted by Gasteiger charge is -2.36. The van der Waals surface area contributed by atoms with Crippen molar-refractivity contribution in [2.45, 2.75) is 0 Å². The molecular formula is C19H19N2O4-. The number of carboxylic acid groups (broad SMARTS) is 1. The topological polar surface area (TPSA) is 72.9 Å². The molecule has 2 aromatic carbocycles. The van der Waals surface area contributed by atoms with Crippen LogP contribution >= 0.6 is 0 Å². The maximum atomic E-state index is 12.2. The van der Waals surface area contributed by atoms with Crippen LogP contribution in [0.2, 0.25) is 0 Å². The lowest BCUT2D eigenvalue weighted by Crippen LogP contribution is -2.50. The molecule has 6 nitrogen and oxygen atoms in total. The van der Waals surface area contributed by atoms with Gasteiger partial charge in [0.25, 0.3) is 5.91 Å². The minimum Gasteiger partial charge on any atom is -0.545 e. The number of hydrogen-bond acceptors (Lipinski definition) is 5. The molecule has 1 aliphatic rings. The third kappa shape index (κ3) is 4.29. The van der Waals surface area contributed by atoms with Gasteiger partial charge in [-0.25, -0.2) is 0 Å². The molecular weight excluding hydrogens is 320 g/mol. The van der Waals surface area contributed by atoms with Crippen molar-refractivity contribution in [3.63, 3.8) is 0 Å². The molecule has 1 amide bonds. The molecule has 1 saturated heterocycles. The first-order chi connectivity index (χ1) is 12.1. The van der Waals surface area contributed by atoms with Crippen LogP contribution in [0, 0.1) is 0 Å². The summed E-state index contributed by atoms with van der Waals surface area (Å²) in [7, 11) is 0. The number of carboxylic acids is 1. The van der Waals surface area contributed by atoms with Crippen molar-refractivity contribution in [1.82, 2.24) is 4.90 Å². The van der Waals surface area contributed by atoms with Crippen LogP contribution in [0.15, 0.2) is 54.6 Å². The summed E-state index contributed by atoms with van der Waals surface area (Å²) in [6.45, 7) is 2.65. The van der Waals surface area contributed by atoms with Crippen molar-refractivity contribution in [2.24, 2.45) is 0 Å². The number of anilines is 1. The van der Waals surface area contributed by atoms with Crippen LogP contribution in [-0.4, -0.2) is 49.6 Å². The number of ether oxygens (including phenoxy) is 1. The van der Waals surface area contributed by atoms with E-state index < -0.39 is 5.97 Å². The Balaban J connectivity index is 1.49. The van der Waals surface area contributed by atoms with E-state index in [-0.39, 0.29) is 18.1 Å². The molecule has 130 valence electrons. The van der Waals surface area contributed by atoms with Crippen LogP contribution in [0.4, 0.5) is 5.69 Å². The minimum atomic E-state index is -1.18. The smallest absolute Gasteiger partial charge is 0.260 e. The molecule has 0 unspecified atom stereocenters. The van der Waals surface area contributed by atoms with Crippen molar-refractivity contribution >= 4 is 17.6 Å². The Hall–Kier alpha value is -3.02. The maximum absolute atomic E-state index is 12.2. The quantitative estimate of drug-likeness (QED) is 0.805. The van der Waals surface area contributed by atoms with Gasteiger partial charge in [-0.3, -0.25) is 4.79 Å². The maximum Gasteiger partial charge on any atom is 0.260 e. The Bertz CT molecular complexity index is 723. The summed E-state index contributed by atoms with van der Waals surface area (Å²) < 4.78 is 5.50. The van der Waals surface area contributed by atoms with Gasteiger partial charge in [-0.2, -0.15) is 0 Å². The van der Waals surface area contributed by atoms with E-state index >= 15 is 0 Å². The Labute approximate surface area is 146 Å². The zero-order valence-corrected chi connectivity index (χ0v) is 13.8. The summed E-state index contributed by atoms with van der Waals surface area (Å²) in [5, 5.41) is 10.8. The van der Waals surface area contributed by atoms with Gasteiger partial charge in [0.2, 0.25) is 0 Å². The highest BCUT2D eigenvalue weighted by atomic mass is 16.5. The van der Waals surface area contributed by atoms with E-state index in [1.54, 1.807) is 17.0 Å². The monoisotopic (exact) mass is 339 g/mol. The molecule has 25 heavy (non-hydrogen) atoms. The average molecular weight is 339 g/mol. The number of amides is 1. The van der Waals surface area contributed by atoms with Gasteiger partial charge in [-0.05, 0) is 29.8 Å². The number of piperazine rings is 1. The molecule has 0 saturated carbocycles. The SMILES string of the molecule is O=C([O-])c1ccc(N2CCN(C(=O)COc3ccccc3)CC2)cc1. The summed E-state index contributed by atoms with van der Waals surface area (Å²) in [5.74, 6) is -0.529. The highest BCUT2D eigenvalue weighted by molar-refractivity contribution is 5.86. The van der Waals surface area contributed by atoms with E-state index in [2.05, 4.69) is 4.90 Å². The zero-order chi connectivity index (χ0) is 17.6. The summed E-state index contributed by atoms with van der Waals surface area (Å²) in [6, 6.07) is 15.9. The summed E-state index contributed by atoms with van der Waals surface area (Å²) in [6.07, 6.45) is 0. The number of carbonyl (C=O) groups excluding carboxylic acids is 2. The number of hydrogen-bond donors (Lipinski definition) is 0. The van der Waals surface area contributed by atoms with E-state index in [0.29, 0.717) is 31.9 Å². The van der Waals surface area contributed by atoms with Crippen molar-refractivity contribution in [3.05, 3.63) is 60.2 Å². The predicted molar refractivity (Wildman–Crippen MR) is 91.5 cm³/mol. The molecule has 0 aliphatic carbocycles. The van der Waals surface area contributed by atoms with Crippen LogP contribution < -0.4 is 14.7 Å². The Morgan fingerprint density at radius 2 is 1.56 bits per heavy atom. The molecule has 0 aromatic heterocycles. The van der Waals surface area contributed by atoms with Crippen LogP contribution in [0.5, 0.6) is 5.75 Å². The molecule has 3 rings (SSSR count). The molecule has 0 bridgehead atoms. The number of para-hydroxylation sites is 1. The lowest BCUT2D eigenvalue weighted by atomic mass is 10.2. The van der Waals surface area contributed by atoms with Crippen LogP contribution in [0.25, 0.3) is 0 Å². The average Bonchev–Trinajstić information content (AvgIpc) is 2.67. The Morgan fingerprint density at radius 1 is 0.920 bits per heavy atom. The van der Waals surface area contributed by atoms with E-state index in [1.165, 1.54) is 12.1 Å². The summed E-state index contributed by atoms with van der Waals surface area (Å²) >= 11 is 0. The van der Waals surface area contributed by atoms with Gasteiger partial charge in [0.1, 0.15) is 5.75 Å². The molecule has 0 N–H and O–H groups in total. The summed E-state index contributed by atoms with van der Waals surface area (Å²) in [4.78, 5) is 26.9. The van der Waals surface area contributed by atoms with Gasteiger partial charge in [-0.15, -0.1) is 0 Å². The first-order valence-corrected chi connectivity index (χ1v) is 8.15. The lowest BCUT2D eigenvalue weighted by molar-refractivity contribution is -0.255. The molecule has 0 atom stereocenters. The standard InChI is InChI=1S/C19H20N2O4/c22-18(14-25-17-4-2-1-3-5-17)21-12-10-20(11-13-21)16-8-6-15(7-9-16)19(23)24/h1-9H,10-14H2,(H,23,24)/p-1. The highest BCUT2D eigenvalue weighted by Gasteiger charge is 2.21. The first-order valence-electron chi connectivity index (χ1n) is 8.15. The number of nitrogens with zero attached hydrogens (tertiary/aromatic N) is 2. The predicted octanol–water partition coefficient (Wildman–Crippen LogP) is 0.778. The van der Waals surface area contributed by atoms with Gasteiger partial charge in [0.05, 0.1) is 5.97 Å². The Morgan fingerprint density at radius 3 is 2.16 bits per heavy atom. The number of carbonyl (C=O) groups is 2. The van der Waals surface area contributed by atoms with E-state index in [9.17, 15) is 14.7 Å². The number of benzene rings is 2. The van der Waals surface area contributed by atoms with E-state index in [0.717, 1.165) is 5.69 Å². The number of rotatable bonds is 5. The van der Waals surface area contributed by atoms with Crippen LogP contribution in [-0.2, 0) is 4.79 Å². The highest BCUT2D eigenvalue weighted by Crippen LogP contribution is 2.17. The van der Waals surface area contributed by atoms with Gasteiger partial charge < -0.3 is 24.4 Å². The van der Waals surface area contributed by atoms with Crippen molar-refractivity contribution in [3.8, 4) is 5.75 Å². The fraction of sp³-hybridized carbons (Fsp3) is 0.263. The largest absolute Gasteiger partial charge is 0.545 e. The fourth-order valence-electron chi connectivity index (χ4n) is 2.78. The molecule has 6 heteroatoms. The van der Waals surface area contributed by atoms with Crippen LogP contribution in [0.1, 0.15) is 10.4 Å². The van der Waals surface area contributed by atoms with E-state index in [1.807, 2.05) is 30.3 Å². The molecule has 0 spiro atoms. The molecule has 2 aromatic rings. The fourth-order valence-corrected chi connectivity index (χ4v) is 2.78. The van der Waals surface area contributed by atoms with E-state index in [4.69, 9.17) is 4.74 Å². The third-order valence-electron chi connectivity index (χ3n) is 4.21. The van der Waals surface area contributed by atoms with Crippen molar-refractivity contribution < 1.29 is 19.4 Å². The van der Waals surface area contributed by atoms with Gasteiger partial charge in [0.15, 0.2) is 6.61 Å². The van der Waals surface area contributed by atoms with Crippen molar-refractivity contribution in [2.75, 3.05) is 37.7 Å².